The normalized spacial score (nSPS) is 13.4. The van der Waals surface area contributed by atoms with Crippen molar-refractivity contribution in [2.45, 2.75) is 12.8 Å². The maximum absolute atomic E-state index is 12.1. The number of guanidine groups is 1. The Morgan fingerprint density at radius 3 is 2.55 bits per heavy atom. The SMILES string of the molecule is O=C(CCc1ccc(NC2=NCCN2)cc1)c1ccccc1. The van der Waals surface area contributed by atoms with Crippen LogP contribution in [0.25, 0.3) is 0 Å². The smallest absolute Gasteiger partial charge is 0.195 e. The molecule has 0 amide bonds. The van der Waals surface area contributed by atoms with E-state index in [9.17, 15) is 4.79 Å². The largest absolute Gasteiger partial charge is 0.354 e. The molecule has 4 nitrogen and oxygen atoms in total. The first-order chi connectivity index (χ1) is 10.8. The van der Waals surface area contributed by atoms with Crippen LogP contribution in [0.2, 0.25) is 0 Å². The minimum Gasteiger partial charge on any atom is -0.354 e. The van der Waals surface area contributed by atoms with Gasteiger partial charge in [0.05, 0.1) is 6.54 Å². The number of ketones is 1. The number of aliphatic imine (C=N–C) groups is 1. The van der Waals surface area contributed by atoms with Gasteiger partial charge in [0.2, 0.25) is 0 Å². The number of benzene rings is 2. The summed E-state index contributed by atoms with van der Waals surface area (Å²) in [7, 11) is 0. The topological polar surface area (TPSA) is 53.5 Å². The van der Waals surface area contributed by atoms with Crippen LogP contribution in [0.5, 0.6) is 0 Å². The fourth-order valence-electron chi connectivity index (χ4n) is 2.40. The van der Waals surface area contributed by atoms with Crippen LogP contribution in [-0.4, -0.2) is 24.8 Å². The van der Waals surface area contributed by atoms with E-state index in [1.807, 2.05) is 42.5 Å². The molecule has 2 aromatic rings. The van der Waals surface area contributed by atoms with Gasteiger partial charge in [0, 0.05) is 24.2 Å². The lowest BCUT2D eigenvalue weighted by molar-refractivity contribution is 0.0983. The number of nitrogens with zero attached hydrogens (tertiary/aromatic N) is 1. The van der Waals surface area contributed by atoms with Gasteiger partial charge >= 0.3 is 0 Å². The average Bonchev–Trinajstić information content (AvgIpc) is 3.08. The molecule has 0 saturated heterocycles. The zero-order valence-electron chi connectivity index (χ0n) is 12.4. The lowest BCUT2D eigenvalue weighted by Crippen LogP contribution is -2.26. The highest BCUT2D eigenvalue weighted by molar-refractivity contribution is 5.96. The van der Waals surface area contributed by atoms with Crippen molar-refractivity contribution in [2.24, 2.45) is 4.99 Å². The zero-order valence-corrected chi connectivity index (χ0v) is 12.4. The Kier molecular flexibility index (Phi) is 4.49. The van der Waals surface area contributed by atoms with Crippen molar-refractivity contribution in [3.8, 4) is 0 Å². The molecule has 112 valence electrons. The van der Waals surface area contributed by atoms with Gasteiger partial charge in [0.25, 0.3) is 0 Å². The maximum Gasteiger partial charge on any atom is 0.195 e. The van der Waals surface area contributed by atoms with Crippen LogP contribution in [-0.2, 0) is 6.42 Å². The summed E-state index contributed by atoms with van der Waals surface area (Å²) < 4.78 is 0. The number of hydrogen-bond acceptors (Lipinski definition) is 4. The molecule has 4 heteroatoms. The molecule has 0 aromatic heterocycles. The standard InChI is InChI=1S/C18H19N3O/c22-17(15-4-2-1-3-5-15)11-8-14-6-9-16(10-7-14)21-18-19-12-13-20-18/h1-7,9-10H,8,11-13H2,(H2,19,20,21). The highest BCUT2D eigenvalue weighted by Gasteiger charge is 2.07. The minimum absolute atomic E-state index is 0.187. The molecule has 0 aliphatic carbocycles. The maximum atomic E-state index is 12.1. The van der Waals surface area contributed by atoms with E-state index in [1.54, 1.807) is 0 Å². The molecule has 0 spiro atoms. The highest BCUT2D eigenvalue weighted by Crippen LogP contribution is 2.13. The molecule has 2 aromatic carbocycles. The van der Waals surface area contributed by atoms with E-state index in [0.29, 0.717) is 6.42 Å². The van der Waals surface area contributed by atoms with Crippen LogP contribution in [0.3, 0.4) is 0 Å². The summed E-state index contributed by atoms with van der Waals surface area (Å²) in [6.07, 6.45) is 1.29. The van der Waals surface area contributed by atoms with Gasteiger partial charge in [-0.2, -0.15) is 0 Å². The second-order valence-electron chi connectivity index (χ2n) is 5.27. The van der Waals surface area contributed by atoms with Gasteiger partial charge < -0.3 is 10.6 Å². The summed E-state index contributed by atoms with van der Waals surface area (Å²) >= 11 is 0. The summed E-state index contributed by atoms with van der Waals surface area (Å²) in [5, 5.41) is 6.40. The first-order valence-electron chi connectivity index (χ1n) is 7.54. The fourth-order valence-corrected chi connectivity index (χ4v) is 2.40. The first kappa shape index (κ1) is 14.3. The van der Waals surface area contributed by atoms with Crippen molar-refractivity contribution in [1.29, 1.82) is 0 Å². The summed E-state index contributed by atoms with van der Waals surface area (Å²) in [4.78, 5) is 16.4. The van der Waals surface area contributed by atoms with E-state index in [4.69, 9.17) is 0 Å². The van der Waals surface area contributed by atoms with Crippen molar-refractivity contribution in [3.05, 3.63) is 65.7 Å². The Hall–Kier alpha value is -2.62. The van der Waals surface area contributed by atoms with Crippen molar-refractivity contribution >= 4 is 17.4 Å². The molecule has 2 N–H and O–H groups in total. The number of anilines is 1. The van der Waals surface area contributed by atoms with E-state index in [0.717, 1.165) is 42.3 Å². The van der Waals surface area contributed by atoms with Crippen LogP contribution in [0.4, 0.5) is 5.69 Å². The Morgan fingerprint density at radius 1 is 1.09 bits per heavy atom. The molecular weight excluding hydrogens is 274 g/mol. The molecule has 1 aliphatic heterocycles. The van der Waals surface area contributed by atoms with Gasteiger partial charge in [0.1, 0.15) is 0 Å². The minimum atomic E-state index is 0.187. The lowest BCUT2D eigenvalue weighted by atomic mass is 10.0. The van der Waals surface area contributed by atoms with Crippen molar-refractivity contribution < 1.29 is 4.79 Å². The van der Waals surface area contributed by atoms with Gasteiger partial charge in [-0.3, -0.25) is 9.79 Å². The molecule has 0 bridgehead atoms. The molecule has 0 saturated carbocycles. The Labute approximate surface area is 130 Å². The Bertz CT molecular complexity index is 662. The number of rotatable bonds is 5. The van der Waals surface area contributed by atoms with Gasteiger partial charge in [-0.05, 0) is 24.1 Å². The number of hydrogen-bond donors (Lipinski definition) is 2. The van der Waals surface area contributed by atoms with E-state index in [-0.39, 0.29) is 5.78 Å². The van der Waals surface area contributed by atoms with Gasteiger partial charge in [-0.1, -0.05) is 42.5 Å². The first-order valence-corrected chi connectivity index (χ1v) is 7.54. The Morgan fingerprint density at radius 2 is 1.86 bits per heavy atom. The van der Waals surface area contributed by atoms with Crippen LogP contribution < -0.4 is 10.6 Å². The molecule has 0 radical (unpaired) electrons. The lowest BCUT2D eigenvalue weighted by Gasteiger charge is -2.07. The number of nitrogens with one attached hydrogen (secondary N) is 2. The number of Topliss-reactive ketones (excluding diaryl/α,β-unsaturated/α-hetero) is 1. The predicted molar refractivity (Wildman–Crippen MR) is 89.5 cm³/mol. The monoisotopic (exact) mass is 293 g/mol. The van der Waals surface area contributed by atoms with E-state index < -0.39 is 0 Å². The summed E-state index contributed by atoms with van der Waals surface area (Å²) in [6, 6.07) is 17.6. The van der Waals surface area contributed by atoms with Crippen LogP contribution in [0, 0.1) is 0 Å². The van der Waals surface area contributed by atoms with Gasteiger partial charge in [0.15, 0.2) is 11.7 Å². The average molecular weight is 293 g/mol. The third-order valence-corrected chi connectivity index (χ3v) is 3.63. The number of carbonyl (C=O) groups is 1. The number of aryl methyl sites for hydroxylation is 1. The Balaban J connectivity index is 1.54. The van der Waals surface area contributed by atoms with E-state index >= 15 is 0 Å². The summed E-state index contributed by atoms with van der Waals surface area (Å²) in [5.41, 5.74) is 2.95. The van der Waals surface area contributed by atoms with Crippen molar-refractivity contribution in [3.63, 3.8) is 0 Å². The van der Waals surface area contributed by atoms with E-state index in [2.05, 4.69) is 27.8 Å². The predicted octanol–water partition coefficient (Wildman–Crippen LogP) is 2.87. The molecule has 0 unspecified atom stereocenters. The quantitative estimate of drug-likeness (QED) is 0.833. The van der Waals surface area contributed by atoms with Crippen LogP contribution >= 0.6 is 0 Å². The van der Waals surface area contributed by atoms with Gasteiger partial charge in [-0.15, -0.1) is 0 Å². The highest BCUT2D eigenvalue weighted by atomic mass is 16.1. The summed E-state index contributed by atoms with van der Waals surface area (Å²) in [5.74, 6) is 1.01. The third-order valence-electron chi connectivity index (χ3n) is 3.63. The molecule has 1 heterocycles. The second-order valence-corrected chi connectivity index (χ2v) is 5.27. The molecule has 1 aliphatic rings. The zero-order chi connectivity index (χ0) is 15.2. The molecule has 22 heavy (non-hydrogen) atoms. The van der Waals surface area contributed by atoms with E-state index in [1.165, 1.54) is 0 Å². The molecule has 3 rings (SSSR count). The van der Waals surface area contributed by atoms with Crippen LogP contribution in [0.15, 0.2) is 59.6 Å². The van der Waals surface area contributed by atoms with Gasteiger partial charge in [-0.25, -0.2) is 0 Å². The third kappa shape index (κ3) is 3.73. The van der Waals surface area contributed by atoms with Crippen molar-refractivity contribution in [2.75, 3.05) is 18.4 Å². The van der Waals surface area contributed by atoms with Crippen molar-refractivity contribution in [1.82, 2.24) is 5.32 Å². The fraction of sp³-hybridized carbons (Fsp3) is 0.222. The number of carbonyl (C=O) groups excluding carboxylic acids is 1. The second kappa shape index (κ2) is 6.89. The molecule has 0 fully saturated rings. The van der Waals surface area contributed by atoms with Crippen LogP contribution in [0.1, 0.15) is 22.3 Å². The summed E-state index contributed by atoms with van der Waals surface area (Å²) in [6.45, 7) is 1.71. The molecular formula is C18H19N3O. The molecule has 0 atom stereocenters.